The highest BCUT2D eigenvalue weighted by Crippen LogP contribution is 2.35. The fraction of sp³-hybridized carbons (Fsp3) is 0.258. The minimum absolute atomic E-state index is 0.0429. The third kappa shape index (κ3) is 8.58. The average molecular weight is 702 g/mol. The summed E-state index contributed by atoms with van der Waals surface area (Å²) in [6.07, 6.45) is -0.714. The number of ether oxygens (including phenoxy) is 1. The lowest BCUT2D eigenvalue weighted by Crippen LogP contribution is -2.29. The topological polar surface area (TPSA) is 108 Å². The van der Waals surface area contributed by atoms with E-state index in [1.54, 1.807) is 34.6 Å². The molecule has 4 rings (SSSR count). The molecule has 0 bridgehead atoms. The second-order valence-corrected chi connectivity index (χ2v) is 12.2. The summed E-state index contributed by atoms with van der Waals surface area (Å²) in [5.41, 5.74) is 6.60. The fourth-order valence-corrected chi connectivity index (χ4v) is 5.30. The molecule has 3 N–H and O–H groups in total. The van der Waals surface area contributed by atoms with Crippen LogP contribution in [0.3, 0.4) is 0 Å². The van der Waals surface area contributed by atoms with Crippen LogP contribution in [0.2, 0.25) is 20.1 Å². The van der Waals surface area contributed by atoms with Crippen LogP contribution in [0.4, 0.5) is 25.0 Å². The Hall–Kier alpha value is -3.57. The summed E-state index contributed by atoms with van der Waals surface area (Å²) in [6, 6.07) is 10.4. The number of anilines is 2. The van der Waals surface area contributed by atoms with Gasteiger partial charge in [0.1, 0.15) is 27.3 Å². The van der Waals surface area contributed by atoms with Crippen molar-refractivity contribution >= 4 is 63.9 Å². The molecule has 0 aliphatic rings. The summed E-state index contributed by atoms with van der Waals surface area (Å²) in [6.45, 7) is 9.37. The number of nitrogens with two attached hydrogens (primary N) is 1. The summed E-state index contributed by atoms with van der Waals surface area (Å²) in [4.78, 5) is 36.6. The van der Waals surface area contributed by atoms with Gasteiger partial charge >= 0.3 is 6.09 Å². The molecule has 2 aromatic carbocycles. The van der Waals surface area contributed by atoms with Crippen molar-refractivity contribution in [2.75, 3.05) is 11.1 Å². The summed E-state index contributed by atoms with van der Waals surface area (Å²) in [5, 5.41) is 2.85. The first kappa shape index (κ1) is 35.9. The van der Waals surface area contributed by atoms with Crippen LogP contribution < -0.4 is 22.2 Å². The Morgan fingerprint density at radius 3 is 1.67 bits per heavy atom. The molecule has 4 aromatic rings. The van der Waals surface area contributed by atoms with Gasteiger partial charge in [-0.05, 0) is 83.1 Å². The second-order valence-electron chi connectivity index (χ2n) is 10.5. The highest BCUT2D eigenvalue weighted by molar-refractivity contribution is 6.34. The Labute approximate surface area is 278 Å². The van der Waals surface area contributed by atoms with E-state index in [1.807, 2.05) is 0 Å². The van der Waals surface area contributed by atoms with E-state index < -0.39 is 28.9 Å². The van der Waals surface area contributed by atoms with Gasteiger partial charge in [-0.3, -0.25) is 14.9 Å². The Kier molecular flexibility index (Phi) is 11.7. The van der Waals surface area contributed by atoms with Crippen LogP contribution in [0.5, 0.6) is 0 Å². The summed E-state index contributed by atoms with van der Waals surface area (Å²) >= 11 is 24.0. The predicted octanol–water partition coefficient (Wildman–Crippen LogP) is 8.89. The van der Waals surface area contributed by atoms with E-state index >= 15 is 0 Å². The van der Waals surface area contributed by atoms with E-state index in [0.717, 1.165) is 6.07 Å². The van der Waals surface area contributed by atoms with Gasteiger partial charge in [-0.1, -0.05) is 46.4 Å². The van der Waals surface area contributed by atoms with Crippen molar-refractivity contribution in [1.29, 1.82) is 0 Å². The van der Waals surface area contributed by atoms with Crippen molar-refractivity contribution in [2.24, 2.45) is 0 Å². The molecule has 0 spiro atoms. The maximum Gasteiger partial charge on any atom is 0.412 e. The summed E-state index contributed by atoms with van der Waals surface area (Å²) < 4.78 is 34.5. The van der Waals surface area contributed by atoms with Crippen LogP contribution in [0.15, 0.2) is 58.1 Å². The number of hydrogen-bond acceptors (Lipinski definition) is 5. The molecule has 1 amide bonds. The minimum Gasteiger partial charge on any atom is -0.444 e. The molecule has 0 aliphatic heterocycles. The van der Waals surface area contributed by atoms with Gasteiger partial charge in [-0.2, -0.15) is 0 Å². The van der Waals surface area contributed by atoms with E-state index in [2.05, 4.69) is 5.32 Å². The molecule has 0 saturated carbocycles. The highest BCUT2D eigenvalue weighted by atomic mass is 35.5. The van der Waals surface area contributed by atoms with Gasteiger partial charge < -0.3 is 19.6 Å². The van der Waals surface area contributed by atoms with Crippen molar-refractivity contribution in [2.45, 2.75) is 53.3 Å². The van der Waals surface area contributed by atoms with Gasteiger partial charge in [-0.15, -0.1) is 0 Å². The van der Waals surface area contributed by atoms with Crippen molar-refractivity contribution < 1.29 is 18.3 Å². The Balaban J connectivity index is 0.000000257. The molecule has 0 radical (unpaired) electrons. The van der Waals surface area contributed by atoms with Crippen molar-refractivity contribution in [3.05, 3.63) is 101 Å². The number of nitrogens with zero attached hydrogens (tertiary/aromatic N) is 2. The van der Waals surface area contributed by atoms with Crippen LogP contribution in [0.25, 0.3) is 22.5 Å². The first-order chi connectivity index (χ1) is 21.0. The molecule has 45 heavy (non-hydrogen) atoms. The van der Waals surface area contributed by atoms with E-state index in [-0.39, 0.29) is 37.9 Å². The molecule has 2 aromatic heterocycles. The lowest BCUT2D eigenvalue weighted by molar-refractivity contribution is 0.0636. The van der Waals surface area contributed by atoms with Gasteiger partial charge in [0, 0.05) is 24.2 Å². The lowest BCUT2D eigenvalue weighted by atomic mass is 10.1. The number of nitrogen functional groups attached to an aromatic ring is 1. The normalized spacial score (nSPS) is 11.1. The largest absolute Gasteiger partial charge is 0.444 e. The van der Waals surface area contributed by atoms with Crippen LogP contribution in [-0.2, 0) is 17.8 Å². The molecule has 240 valence electrons. The van der Waals surface area contributed by atoms with Crippen LogP contribution >= 0.6 is 46.4 Å². The first-order valence-corrected chi connectivity index (χ1v) is 15.0. The Morgan fingerprint density at radius 2 is 1.22 bits per heavy atom. The number of rotatable bonds is 5. The Bertz CT molecular complexity index is 1870. The number of benzene rings is 2. The minimum atomic E-state index is -0.714. The van der Waals surface area contributed by atoms with Gasteiger partial charge in [0.15, 0.2) is 0 Å². The zero-order valence-corrected chi connectivity index (χ0v) is 27.9. The van der Waals surface area contributed by atoms with Gasteiger partial charge in [-0.25, -0.2) is 13.6 Å². The molecular weight excluding hydrogens is 672 g/mol. The number of amides is 1. The van der Waals surface area contributed by atoms with Crippen molar-refractivity contribution in [3.63, 3.8) is 0 Å². The highest BCUT2D eigenvalue weighted by Gasteiger charge is 2.22. The first-order valence-electron chi connectivity index (χ1n) is 13.5. The van der Waals surface area contributed by atoms with E-state index in [1.165, 1.54) is 51.6 Å². The maximum absolute atomic E-state index is 13.4. The molecule has 8 nitrogen and oxygen atoms in total. The van der Waals surface area contributed by atoms with Crippen molar-refractivity contribution in [1.82, 2.24) is 9.13 Å². The van der Waals surface area contributed by atoms with E-state index in [9.17, 15) is 23.2 Å². The second kappa shape index (κ2) is 14.7. The lowest BCUT2D eigenvalue weighted by Gasteiger charge is -2.22. The number of nitrogens with one attached hydrogen (secondary N) is 1. The maximum atomic E-state index is 13.4. The molecule has 0 fully saturated rings. The van der Waals surface area contributed by atoms with Crippen LogP contribution in [0.1, 0.15) is 34.6 Å². The molecule has 0 atom stereocenters. The quantitative estimate of drug-likeness (QED) is 0.216. The van der Waals surface area contributed by atoms with E-state index in [0.29, 0.717) is 34.7 Å². The predicted molar refractivity (Wildman–Crippen MR) is 178 cm³/mol. The molecule has 0 saturated heterocycles. The standard InChI is InChI=1S/C18H19Cl2FN2O3.C13H11Cl2FN2O/c1-5-23-15(11-7-6-10(21)8-12(11)19)14(9-13(20)16(23)24)22-17(25)26-18(2,3)4;1-2-18-12(11(17)6-10(15)13(18)19)8-4-3-7(16)5-9(8)14/h6-9H,5H2,1-4H3,(H,22,25);3-6H,2,17H2,1H3. The molecule has 0 unspecified atom stereocenters. The van der Waals surface area contributed by atoms with Gasteiger partial charge in [0.25, 0.3) is 11.1 Å². The van der Waals surface area contributed by atoms with Gasteiger partial charge in [0.05, 0.1) is 32.8 Å². The number of aromatic nitrogens is 2. The molecule has 14 heteroatoms. The number of carbonyl (C=O) groups is 1. The SMILES string of the molecule is CCn1c(-c2ccc(F)cc2Cl)c(N)cc(Cl)c1=O.CCn1c(-c2ccc(F)cc2Cl)c(NC(=O)OC(C)(C)C)cc(Cl)c1=O. The molecular formula is C31H30Cl4F2N4O4. The average Bonchev–Trinajstić information content (AvgIpc) is 2.92. The fourth-order valence-electron chi connectivity index (χ4n) is 4.35. The summed E-state index contributed by atoms with van der Waals surface area (Å²) in [7, 11) is 0. The van der Waals surface area contributed by atoms with Crippen LogP contribution in [-0.4, -0.2) is 20.8 Å². The monoisotopic (exact) mass is 700 g/mol. The molecule has 0 aliphatic carbocycles. The smallest absolute Gasteiger partial charge is 0.412 e. The zero-order valence-electron chi connectivity index (χ0n) is 24.9. The van der Waals surface area contributed by atoms with Crippen LogP contribution in [0, 0.1) is 11.6 Å². The summed E-state index contributed by atoms with van der Waals surface area (Å²) in [5.74, 6) is -0.966. The molecule has 2 heterocycles. The zero-order chi connectivity index (χ0) is 33.8. The third-order valence-corrected chi connectivity index (χ3v) is 7.33. The number of carbonyl (C=O) groups excluding carboxylic acids is 1. The number of pyridine rings is 2. The van der Waals surface area contributed by atoms with Crippen molar-refractivity contribution in [3.8, 4) is 22.5 Å². The Morgan fingerprint density at radius 1 is 0.778 bits per heavy atom. The van der Waals surface area contributed by atoms with E-state index in [4.69, 9.17) is 56.9 Å². The number of halogens is 6. The van der Waals surface area contributed by atoms with Gasteiger partial charge in [0.2, 0.25) is 0 Å². The number of hydrogen-bond donors (Lipinski definition) is 2. The third-order valence-electron chi connectivity index (χ3n) is 6.16.